The van der Waals surface area contributed by atoms with E-state index in [1.165, 1.54) is 12.5 Å². The van der Waals surface area contributed by atoms with E-state index in [9.17, 15) is 4.79 Å². The highest BCUT2D eigenvalue weighted by atomic mass is 79.9. The Morgan fingerprint density at radius 2 is 2.07 bits per heavy atom. The number of esters is 1. The fourth-order valence-electron chi connectivity index (χ4n) is 1.22. The van der Waals surface area contributed by atoms with E-state index in [0.717, 1.165) is 24.6 Å². The van der Waals surface area contributed by atoms with Crippen molar-refractivity contribution in [3.63, 3.8) is 0 Å². The third kappa shape index (κ3) is 9.98. The Kier molecular flexibility index (Phi) is 8.77. The van der Waals surface area contributed by atoms with Crippen molar-refractivity contribution in [2.75, 3.05) is 11.9 Å². The predicted molar refractivity (Wildman–Crippen MR) is 67.2 cm³/mol. The van der Waals surface area contributed by atoms with Gasteiger partial charge in [-0.15, -0.1) is 0 Å². The fourth-order valence-corrected chi connectivity index (χ4v) is 1.45. The molecule has 0 aliphatic carbocycles. The molecule has 0 bridgehead atoms. The molecule has 0 heterocycles. The molecule has 0 radical (unpaired) electrons. The van der Waals surface area contributed by atoms with Crippen LogP contribution in [-0.4, -0.2) is 17.9 Å². The van der Waals surface area contributed by atoms with Crippen LogP contribution in [0.2, 0.25) is 0 Å². The summed E-state index contributed by atoms with van der Waals surface area (Å²) in [5.41, 5.74) is 1.38. The Morgan fingerprint density at radius 3 is 2.60 bits per heavy atom. The van der Waals surface area contributed by atoms with Crippen molar-refractivity contribution in [2.24, 2.45) is 5.92 Å². The minimum absolute atomic E-state index is 0.183. The van der Waals surface area contributed by atoms with Gasteiger partial charge in [-0.3, -0.25) is 4.79 Å². The second kappa shape index (κ2) is 8.96. The lowest BCUT2D eigenvalue weighted by Gasteiger charge is -2.09. The Labute approximate surface area is 101 Å². The van der Waals surface area contributed by atoms with Gasteiger partial charge < -0.3 is 4.74 Å². The van der Waals surface area contributed by atoms with E-state index in [1.807, 2.05) is 0 Å². The monoisotopic (exact) mass is 276 g/mol. The number of hydrogen-bond acceptors (Lipinski definition) is 2. The fraction of sp³-hybridized carbons (Fsp3) is 0.750. The van der Waals surface area contributed by atoms with Crippen LogP contribution in [0.15, 0.2) is 11.6 Å². The highest BCUT2D eigenvalue weighted by molar-refractivity contribution is 9.09. The topological polar surface area (TPSA) is 26.3 Å². The van der Waals surface area contributed by atoms with Gasteiger partial charge in [0.1, 0.15) is 0 Å². The minimum atomic E-state index is -0.183. The Hall–Kier alpha value is -0.310. The molecule has 0 fully saturated rings. The number of allylic oxidation sites excluding steroid dienone is 2. The van der Waals surface area contributed by atoms with E-state index in [4.69, 9.17) is 4.74 Å². The van der Waals surface area contributed by atoms with Gasteiger partial charge in [0.2, 0.25) is 0 Å². The normalized spacial score (nSPS) is 13.7. The zero-order chi connectivity index (χ0) is 11.7. The zero-order valence-corrected chi connectivity index (χ0v) is 11.5. The molecule has 15 heavy (non-hydrogen) atoms. The van der Waals surface area contributed by atoms with Crippen LogP contribution in [0.3, 0.4) is 0 Å². The van der Waals surface area contributed by atoms with Crippen molar-refractivity contribution in [1.29, 1.82) is 0 Å². The van der Waals surface area contributed by atoms with E-state index in [2.05, 4.69) is 35.9 Å². The van der Waals surface area contributed by atoms with Crippen LogP contribution in [0.5, 0.6) is 0 Å². The lowest BCUT2D eigenvalue weighted by Crippen LogP contribution is -2.05. The molecule has 0 aromatic carbocycles. The number of carbonyl (C=O) groups excluding carboxylic acids is 1. The summed E-state index contributed by atoms with van der Waals surface area (Å²) in [6.45, 7) is 6.32. The maximum Gasteiger partial charge on any atom is 0.302 e. The van der Waals surface area contributed by atoms with Gasteiger partial charge in [-0.2, -0.15) is 0 Å². The maximum atomic E-state index is 10.5. The van der Waals surface area contributed by atoms with Crippen LogP contribution in [-0.2, 0) is 9.53 Å². The number of hydrogen-bond donors (Lipinski definition) is 0. The molecule has 1 atom stereocenters. The zero-order valence-electron chi connectivity index (χ0n) is 9.88. The van der Waals surface area contributed by atoms with Gasteiger partial charge in [-0.1, -0.05) is 34.5 Å². The third-order valence-corrected chi connectivity index (χ3v) is 3.16. The largest absolute Gasteiger partial charge is 0.466 e. The number of ether oxygens (including phenoxy) is 1. The van der Waals surface area contributed by atoms with E-state index in [0.29, 0.717) is 12.5 Å². The molecule has 0 N–H and O–H groups in total. The van der Waals surface area contributed by atoms with Crippen LogP contribution < -0.4 is 0 Å². The first kappa shape index (κ1) is 14.7. The van der Waals surface area contributed by atoms with Crippen molar-refractivity contribution >= 4 is 21.9 Å². The van der Waals surface area contributed by atoms with Gasteiger partial charge >= 0.3 is 5.97 Å². The van der Waals surface area contributed by atoms with Crippen LogP contribution in [0, 0.1) is 5.92 Å². The summed E-state index contributed by atoms with van der Waals surface area (Å²) < 4.78 is 4.90. The van der Waals surface area contributed by atoms with E-state index < -0.39 is 0 Å². The van der Waals surface area contributed by atoms with Gasteiger partial charge in [-0.25, -0.2) is 0 Å². The van der Waals surface area contributed by atoms with Gasteiger partial charge in [0, 0.05) is 12.3 Å². The smallest absolute Gasteiger partial charge is 0.302 e. The van der Waals surface area contributed by atoms with Crippen molar-refractivity contribution in [3.05, 3.63) is 11.6 Å². The van der Waals surface area contributed by atoms with Crippen LogP contribution in [0.1, 0.15) is 40.0 Å². The summed E-state index contributed by atoms with van der Waals surface area (Å²) in [4.78, 5) is 10.5. The molecule has 0 aromatic rings. The summed E-state index contributed by atoms with van der Waals surface area (Å²) in [5, 5.41) is 0.953. The highest BCUT2D eigenvalue weighted by Gasteiger charge is 2.02. The molecule has 0 aliphatic rings. The van der Waals surface area contributed by atoms with Crippen molar-refractivity contribution < 1.29 is 9.53 Å². The number of carbonyl (C=O) groups is 1. The molecule has 0 rings (SSSR count). The summed E-state index contributed by atoms with van der Waals surface area (Å²) in [7, 11) is 0. The second-order valence-corrected chi connectivity index (χ2v) is 4.56. The molecule has 2 nitrogen and oxygen atoms in total. The lowest BCUT2D eigenvalue weighted by molar-refractivity contribution is -0.141. The van der Waals surface area contributed by atoms with Crippen molar-refractivity contribution in [1.82, 2.24) is 0 Å². The minimum Gasteiger partial charge on any atom is -0.466 e. The Bertz CT molecular complexity index is 212. The summed E-state index contributed by atoms with van der Waals surface area (Å²) in [6.07, 6.45) is 5.49. The van der Waals surface area contributed by atoms with Gasteiger partial charge in [0.25, 0.3) is 0 Å². The summed E-state index contributed by atoms with van der Waals surface area (Å²) >= 11 is 3.41. The van der Waals surface area contributed by atoms with Crippen LogP contribution in [0.25, 0.3) is 0 Å². The number of rotatable bonds is 7. The third-order valence-electron chi connectivity index (χ3n) is 2.28. The highest BCUT2D eigenvalue weighted by Crippen LogP contribution is 2.12. The average molecular weight is 277 g/mol. The summed E-state index contributed by atoms with van der Waals surface area (Å²) in [5.74, 6) is 0.431. The molecule has 0 saturated heterocycles. The molecule has 0 aliphatic heterocycles. The molecule has 0 aromatic heterocycles. The molecule has 3 heteroatoms. The first-order chi connectivity index (χ1) is 7.06. The molecule has 0 saturated carbocycles. The molecule has 1 unspecified atom stereocenters. The number of halogens is 1. The lowest BCUT2D eigenvalue weighted by atomic mass is 10.0. The predicted octanol–water partition coefficient (Wildman–Crippen LogP) is 3.70. The number of alkyl halides is 1. The first-order valence-corrected chi connectivity index (χ1v) is 6.53. The summed E-state index contributed by atoms with van der Waals surface area (Å²) in [6, 6.07) is 0. The second-order valence-electron chi connectivity index (χ2n) is 4.00. The first-order valence-electron chi connectivity index (χ1n) is 5.41. The average Bonchev–Trinajstić information content (AvgIpc) is 2.17. The molecule has 0 amide bonds. The molecule has 0 spiro atoms. The van der Waals surface area contributed by atoms with E-state index in [-0.39, 0.29) is 5.97 Å². The van der Waals surface area contributed by atoms with Gasteiger partial charge in [0.15, 0.2) is 0 Å². The molecular weight excluding hydrogens is 256 g/mol. The van der Waals surface area contributed by atoms with Crippen LogP contribution in [0.4, 0.5) is 0 Å². The Morgan fingerprint density at radius 1 is 1.40 bits per heavy atom. The van der Waals surface area contributed by atoms with Gasteiger partial charge in [0.05, 0.1) is 6.61 Å². The molecule has 88 valence electrons. The van der Waals surface area contributed by atoms with Crippen LogP contribution >= 0.6 is 15.9 Å². The maximum absolute atomic E-state index is 10.5. The SMILES string of the molecule is CC(=O)OCCC(C)CC/C=C(\C)CBr. The van der Waals surface area contributed by atoms with Gasteiger partial charge in [-0.05, 0) is 32.1 Å². The molecular formula is C12H21BrO2. The van der Waals surface area contributed by atoms with E-state index in [1.54, 1.807) is 0 Å². The van der Waals surface area contributed by atoms with Crippen molar-refractivity contribution in [3.8, 4) is 0 Å². The quantitative estimate of drug-likeness (QED) is 0.403. The Balaban J connectivity index is 3.49. The van der Waals surface area contributed by atoms with Crippen molar-refractivity contribution in [2.45, 2.75) is 40.0 Å². The van der Waals surface area contributed by atoms with E-state index >= 15 is 0 Å². The standard InChI is InChI=1S/C12H21BrO2/c1-10(7-8-15-12(3)14)5-4-6-11(2)9-13/h6,10H,4-5,7-9H2,1-3H3/b11-6+.